The van der Waals surface area contributed by atoms with E-state index in [-0.39, 0.29) is 30.2 Å². The Kier molecular flexibility index (Phi) is 7.08. The van der Waals surface area contributed by atoms with E-state index in [9.17, 15) is 9.59 Å². The van der Waals surface area contributed by atoms with Crippen LogP contribution in [0.1, 0.15) is 12.8 Å². The molecule has 1 aliphatic heterocycles. The van der Waals surface area contributed by atoms with Crippen molar-refractivity contribution in [3.8, 4) is 0 Å². The molecule has 0 aromatic heterocycles. The van der Waals surface area contributed by atoms with Gasteiger partial charge in [-0.1, -0.05) is 0 Å². The predicted octanol–water partition coefficient (Wildman–Crippen LogP) is 0.0392. The summed E-state index contributed by atoms with van der Waals surface area (Å²) in [7, 11) is 3.12. The molecule has 1 N–H and O–H groups in total. The maximum absolute atomic E-state index is 11.6. The van der Waals surface area contributed by atoms with Crippen LogP contribution in [0.25, 0.3) is 0 Å². The van der Waals surface area contributed by atoms with Crippen LogP contribution in [0, 0.1) is 5.92 Å². The van der Waals surface area contributed by atoms with Crippen molar-refractivity contribution >= 4 is 24.3 Å². The highest BCUT2D eigenvalue weighted by Crippen LogP contribution is 2.17. The van der Waals surface area contributed by atoms with Gasteiger partial charge in [-0.3, -0.25) is 9.59 Å². The number of likely N-dealkylation sites (N-methyl/N-ethyl adjacent to an activating group) is 1. The van der Waals surface area contributed by atoms with Gasteiger partial charge in [-0.15, -0.1) is 12.4 Å². The predicted molar refractivity (Wildman–Crippen MR) is 62.5 cm³/mol. The molecule has 1 amide bonds. The largest absolute Gasteiger partial charge is 0.469 e. The topological polar surface area (TPSA) is 58.6 Å². The van der Waals surface area contributed by atoms with E-state index in [0.29, 0.717) is 13.1 Å². The summed E-state index contributed by atoms with van der Waals surface area (Å²) in [6.45, 7) is 1.56. The number of ether oxygens (including phenoxy) is 1. The van der Waals surface area contributed by atoms with Gasteiger partial charge in [-0.2, -0.15) is 0 Å². The quantitative estimate of drug-likeness (QED) is 0.719. The standard InChI is InChI=1S/C10H18N2O3.ClH/c1-11-6-9(13)12-5-3-4-8(7-12)10(14)15-2;/h8,11H,3-7H2,1-2H3;1H. The van der Waals surface area contributed by atoms with E-state index in [0.717, 1.165) is 19.4 Å². The van der Waals surface area contributed by atoms with E-state index >= 15 is 0 Å². The Labute approximate surface area is 102 Å². The van der Waals surface area contributed by atoms with Crippen LogP contribution in [-0.2, 0) is 14.3 Å². The molecule has 0 aromatic carbocycles. The minimum Gasteiger partial charge on any atom is -0.469 e. The first-order chi connectivity index (χ1) is 7.19. The van der Waals surface area contributed by atoms with Crippen LogP contribution in [0.3, 0.4) is 0 Å². The Hall–Kier alpha value is -0.810. The Morgan fingerprint density at radius 1 is 1.50 bits per heavy atom. The summed E-state index contributed by atoms with van der Waals surface area (Å²) < 4.78 is 4.69. The van der Waals surface area contributed by atoms with Crippen molar-refractivity contribution in [1.29, 1.82) is 0 Å². The second kappa shape index (κ2) is 7.46. The molecule has 94 valence electrons. The van der Waals surface area contributed by atoms with Crippen LogP contribution in [0.15, 0.2) is 0 Å². The molecule has 1 unspecified atom stereocenters. The smallest absolute Gasteiger partial charge is 0.310 e. The zero-order chi connectivity index (χ0) is 11.3. The fraction of sp³-hybridized carbons (Fsp3) is 0.800. The summed E-state index contributed by atoms with van der Waals surface area (Å²) in [6, 6.07) is 0. The van der Waals surface area contributed by atoms with E-state index < -0.39 is 0 Å². The average Bonchev–Trinajstić information content (AvgIpc) is 2.28. The van der Waals surface area contributed by atoms with Gasteiger partial charge in [0.05, 0.1) is 19.6 Å². The van der Waals surface area contributed by atoms with Crippen LogP contribution in [0.4, 0.5) is 0 Å². The molecule has 16 heavy (non-hydrogen) atoms. The lowest BCUT2D eigenvalue weighted by Crippen LogP contribution is -2.45. The normalized spacial score (nSPS) is 19.9. The molecular formula is C10H19ClN2O3. The van der Waals surface area contributed by atoms with Gasteiger partial charge in [0, 0.05) is 13.1 Å². The average molecular weight is 251 g/mol. The monoisotopic (exact) mass is 250 g/mol. The number of nitrogens with zero attached hydrogens (tertiary/aromatic N) is 1. The first-order valence-electron chi connectivity index (χ1n) is 5.19. The number of carbonyl (C=O) groups is 2. The molecule has 0 saturated carbocycles. The molecule has 0 aromatic rings. The molecule has 1 saturated heterocycles. The Balaban J connectivity index is 0.00000225. The van der Waals surface area contributed by atoms with E-state index in [1.165, 1.54) is 7.11 Å². The van der Waals surface area contributed by atoms with Gasteiger partial charge in [0.2, 0.25) is 5.91 Å². The molecule has 5 nitrogen and oxygen atoms in total. The number of carbonyl (C=O) groups excluding carboxylic acids is 2. The lowest BCUT2D eigenvalue weighted by molar-refractivity contribution is -0.148. The number of likely N-dealkylation sites (tertiary alicyclic amines) is 1. The number of piperidine rings is 1. The van der Waals surface area contributed by atoms with Crippen LogP contribution in [0.5, 0.6) is 0 Å². The third kappa shape index (κ3) is 3.98. The first kappa shape index (κ1) is 15.2. The van der Waals surface area contributed by atoms with Gasteiger partial charge in [0.25, 0.3) is 0 Å². The van der Waals surface area contributed by atoms with Crippen molar-refractivity contribution in [2.24, 2.45) is 5.92 Å². The van der Waals surface area contributed by atoms with Crippen LogP contribution < -0.4 is 5.32 Å². The minimum absolute atomic E-state index is 0. The van der Waals surface area contributed by atoms with Crippen LogP contribution in [-0.4, -0.2) is 50.6 Å². The molecule has 1 atom stereocenters. The molecule has 0 aliphatic carbocycles. The molecule has 0 bridgehead atoms. The third-order valence-electron chi connectivity index (χ3n) is 2.64. The zero-order valence-electron chi connectivity index (χ0n) is 9.69. The zero-order valence-corrected chi connectivity index (χ0v) is 10.5. The molecule has 1 heterocycles. The van der Waals surface area contributed by atoms with Crippen LogP contribution >= 0.6 is 12.4 Å². The SMILES string of the molecule is CNCC(=O)N1CCCC(C(=O)OC)C1.Cl. The number of methoxy groups -OCH3 is 1. The van der Waals surface area contributed by atoms with E-state index in [4.69, 9.17) is 0 Å². The van der Waals surface area contributed by atoms with Gasteiger partial charge in [0.1, 0.15) is 0 Å². The Bertz CT molecular complexity index is 248. The number of hydrogen-bond donors (Lipinski definition) is 1. The van der Waals surface area contributed by atoms with Crippen LogP contribution in [0.2, 0.25) is 0 Å². The molecular weight excluding hydrogens is 232 g/mol. The van der Waals surface area contributed by atoms with Crippen molar-refractivity contribution in [3.05, 3.63) is 0 Å². The van der Waals surface area contributed by atoms with Gasteiger partial charge in [-0.05, 0) is 19.9 Å². The molecule has 0 spiro atoms. The second-order valence-electron chi connectivity index (χ2n) is 3.73. The van der Waals surface area contributed by atoms with Gasteiger partial charge >= 0.3 is 5.97 Å². The van der Waals surface area contributed by atoms with E-state index in [1.807, 2.05) is 0 Å². The summed E-state index contributed by atoms with van der Waals surface area (Å²) in [4.78, 5) is 24.6. The highest BCUT2D eigenvalue weighted by molar-refractivity contribution is 5.85. The third-order valence-corrected chi connectivity index (χ3v) is 2.64. The van der Waals surface area contributed by atoms with Gasteiger partial charge in [-0.25, -0.2) is 0 Å². The van der Waals surface area contributed by atoms with E-state index in [2.05, 4.69) is 10.1 Å². The highest BCUT2D eigenvalue weighted by Gasteiger charge is 2.28. The van der Waals surface area contributed by atoms with E-state index in [1.54, 1.807) is 11.9 Å². The molecule has 1 fully saturated rings. The summed E-state index contributed by atoms with van der Waals surface area (Å²) in [5.74, 6) is -0.312. The fourth-order valence-corrected chi connectivity index (χ4v) is 1.83. The fourth-order valence-electron chi connectivity index (χ4n) is 1.83. The maximum atomic E-state index is 11.6. The Morgan fingerprint density at radius 3 is 2.75 bits per heavy atom. The molecule has 1 aliphatic rings. The lowest BCUT2D eigenvalue weighted by Gasteiger charge is -2.31. The second-order valence-corrected chi connectivity index (χ2v) is 3.73. The number of amides is 1. The summed E-state index contributed by atoms with van der Waals surface area (Å²) in [5, 5.41) is 2.82. The first-order valence-corrected chi connectivity index (χ1v) is 5.19. The van der Waals surface area contributed by atoms with Crippen molar-refractivity contribution in [3.63, 3.8) is 0 Å². The lowest BCUT2D eigenvalue weighted by atomic mass is 9.98. The van der Waals surface area contributed by atoms with Crippen molar-refractivity contribution in [2.45, 2.75) is 12.8 Å². The number of halogens is 1. The molecule has 1 rings (SSSR count). The Morgan fingerprint density at radius 2 is 2.19 bits per heavy atom. The van der Waals surface area contributed by atoms with Gasteiger partial charge in [0.15, 0.2) is 0 Å². The molecule has 0 radical (unpaired) electrons. The molecule has 6 heteroatoms. The van der Waals surface area contributed by atoms with Crippen molar-refractivity contribution < 1.29 is 14.3 Å². The summed E-state index contributed by atoms with van der Waals surface area (Å²) in [5.41, 5.74) is 0. The van der Waals surface area contributed by atoms with Crippen molar-refractivity contribution in [1.82, 2.24) is 10.2 Å². The minimum atomic E-state index is -0.211. The number of esters is 1. The highest BCUT2D eigenvalue weighted by atomic mass is 35.5. The number of hydrogen-bond acceptors (Lipinski definition) is 4. The summed E-state index contributed by atoms with van der Waals surface area (Å²) in [6.07, 6.45) is 1.69. The van der Waals surface area contributed by atoms with Gasteiger partial charge < -0.3 is 15.0 Å². The van der Waals surface area contributed by atoms with Crippen molar-refractivity contribution in [2.75, 3.05) is 33.8 Å². The maximum Gasteiger partial charge on any atom is 0.310 e. The number of nitrogens with one attached hydrogen (secondary N) is 1. The number of rotatable bonds is 3. The summed E-state index contributed by atoms with van der Waals surface area (Å²) >= 11 is 0.